The maximum Gasteiger partial charge on any atom is 0.306 e. The highest BCUT2D eigenvalue weighted by Gasteiger charge is 2.38. The van der Waals surface area contributed by atoms with Gasteiger partial charge in [0.1, 0.15) is 5.78 Å². The lowest BCUT2D eigenvalue weighted by molar-refractivity contribution is -0.145. The number of rotatable bonds is 1. The van der Waals surface area contributed by atoms with Gasteiger partial charge in [-0.2, -0.15) is 0 Å². The molecule has 14 heavy (non-hydrogen) atoms. The minimum absolute atomic E-state index is 0.0858. The molecule has 0 amide bonds. The van der Waals surface area contributed by atoms with Crippen LogP contribution in [0, 0.1) is 17.3 Å². The van der Waals surface area contributed by atoms with Crippen molar-refractivity contribution < 1.29 is 14.7 Å². The lowest BCUT2D eigenvalue weighted by atomic mass is 9.68. The SMILES string of the molecule is CC(C)(C)C1CC(C(=O)O)CCC1=O. The fourth-order valence-electron chi connectivity index (χ4n) is 2.09. The van der Waals surface area contributed by atoms with E-state index in [4.69, 9.17) is 5.11 Å². The second-order valence-corrected chi connectivity index (χ2v) is 5.19. The largest absolute Gasteiger partial charge is 0.481 e. The summed E-state index contributed by atoms with van der Waals surface area (Å²) in [6.07, 6.45) is 1.46. The number of aliphatic carboxylic acids is 1. The number of carbonyl (C=O) groups is 2. The van der Waals surface area contributed by atoms with E-state index in [1.165, 1.54) is 0 Å². The van der Waals surface area contributed by atoms with Crippen molar-refractivity contribution in [1.82, 2.24) is 0 Å². The molecule has 1 rings (SSSR count). The Kier molecular flexibility index (Phi) is 2.98. The van der Waals surface area contributed by atoms with Crippen LogP contribution in [0.1, 0.15) is 40.0 Å². The van der Waals surface area contributed by atoms with Gasteiger partial charge in [-0.25, -0.2) is 0 Å². The second kappa shape index (κ2) is 3.71. The maximum absolute atomic E-state index is 11.6. The molecule has 0 spiro atoms. The summed E-state index contributed by atoms with van der Waals surface area (Å²) in [6.45, 7) is 6.00. The monoisotopic (exact) mass is 198 g/mol. The second-order valence-electron chi connectivity index (χ2n) is 5.19. The van der Waals surface area contributed by atoms with Gasteiger partial charge >= 0.3 is 5.97 Å². The average Bonchev–Trinajstić information content (AvgIpc) is 2.02. The van der Waals surface area contributed by atoms with E-state index in [1.54, 1.807) is 0 Å². The molecule has 0 saturated heterocycles. The smallest absolute Gasteiger partial charge is 0.306 e. The summed E-state index contributed by atoms with van der Waals surface area (Å²) in [7, 11) is 0. The molecular weight excluding hydrogens is 180 g/mol. The molecule has 1 fully saturated rings. The molecule has 1 saturated carbocycles. The standard InChI is InChI=1S/C11H18O3/c1-11(2,3)8-6-7(10(13)14)4-5-9(8)12/h7-8H,4-6H2,1-3H3,(H,13,14). The first kappa shape index (κ1) is 11.2. The Morgan fingerprint density at radius 2 is 2.00 bits per heavy atom. The normalized spacial score (nSPS) is 28.9. The van der Waals surface area contributed by atoms with Crippen LogP contribution < -0.4 is 0 Å². The van der Waals surface area contributed by atoms with E-state index in [-0.39, 0.29) is 23.0 Å². The highest BCUT2D eigenvalue weighted by Crippen LogP contribution is 2.38. The van der Waals surface area contributed by atoms with Crippen molar-refractivity contribution in [3.05, 3.63) is 0 Å². The summed E-state index contributed by atoms with van der Waals surface area (Å²) >= 11 is 0. The van der Waals surface area contributed by atoms with Crippen molar-refractivity contribution in [2.45, 2.75) is 40.0 Å². The molecule has 0 aromatic carbocycles. The molecule has 1 N–H and O–H groups in total. The summed E-state index contributed by atoms with van der Waals surface area (Å²) < 4.78 is 0. The van der Waals surface area contributed by atoms with E-state index in [9.17, 15) is 9.59 Å². The minimum atomic E-state index is -0.758. The predicted molar refractivity (Wildman–Crippen MR) is 52.9 cm³/mol. The third kappa shape index (κ3) is 2.34. The van der Waals surface area contributed by atoms with Gasteiger partial charge in [-0.15, -0.1) is 0 Å². The molecule has 80 valence electrons. The van der Waals surface area contributed by atoms with Gasteiger partial charge in [0.25, 0.3) is 0 Å². The number of Topliss-reactive ketones (excluding diaryl/α,β-unsaturated/α-hetero) is 1. The van der Waals surface area contributed by atoms with Gasteiger partial charge in [0.15, 0.2) is 0 Å². The predicted octanol–water partition coefficient (Wildman–Crippen LogP) is 2.10. The van der Waals surface area contributed by atoms with E-state index >= 15 is 0 Å². The summed E-state index contributed by atoms with van der Waals surface area (Å²) in [5, 5.41) is 8.90. The number of hydrogen-bond acceptors (Lipinski definition) is 2. The van der Waals surface area contributed by atoms with Crippen molar-refractivity contribution in [1.29, 1.82) is 0 Å². The molecule has 1 aliphatic rings. The van der Waals surface area contributed by atoms with Gasteiger partial charge in [0.2, 0.25) is 0 Å². The summed E-state index contributed by atoms with van der Waals surface area (Å²) in [6, 6.07) is 0. The number of hydrogen-bond donors (Lipinski definition) is 1. The minimum Gasteiger partial charge on any atom is -0.481 e. The fraction of sp³-hybridized carbons (Fsp3) is 0.818. The highest BCUT2D eigenvalue weighted by molar-refractivity contribution is 5.84. The molecule has 0 aromatic heterocycles. The van der Waals surface area contributed by atoms with Crippen molar-refractivity contribution in [2.24, 2.45) is 17.3 Å². The highest BCUT2D eigenvalue weighted by atomic mass is 16.4. The third-order valence-corrected chi connectivity index (χ3v) is 3.04. The van der Waals surface area contributed by atoms with Crippen LogP contribution in [0.3, 0.4) is 0 Å². The lowest BCUT2D eigenvalue weighted by Crippen LogP contribution is -2.36. The molecule has 0 heterocycles. The third-order valence-electron chi connectivity index (χ3n) is 3.04. The zero-order valence-electron chi connectivity index (χ0n) is 9.04. The summed E-state index contributed by atoms with van der Waals surface area (Å²) in [5.41, 5.74) is -0.106. The van der Waals surface area contributed by atoms with Crippen LogP contribution in [0.2, 0.25) is 0 Å². The fourth-order valence-corrected chi connectivity index (χ4v) is 2.09. The Bertz CT molecular complexity index is 250. The van der Waals surface area contributed by atoms with Crippen molar-refractivity contribution in [3.8, 4) is 0 Å². The van der Waals surface area contributed by atoms with Crippen molar-refractivity contribution in [2.75, 3.05) is 0 Å². The van der Waals surface area contributed by atoms with Gasteiger partial charge in [0, 0.05) is 12.3 Å². The van der Waals surface area contributed by atoms with E-state index < -0.39 is 5.97 Å². The van der Waals surface area contributed by atoms with Gasteiger partial charge in [-0.05, 0) is 18.3 Å². The van der Waals surface area contributed by atoms with Gasteiger partial charge in [0.05, 0.1) is 5.92 Å². The zero-order valence-corrected chi connectivity index (χ0v) is 9.04. The number of carboxylic acids is 1. The molecule has 3 heteroatoms. The topological polar surface area (TPSA) is 54.4 Å². The average molecular weight is 198 g/mol. The van der Waals surface area contributed by atoms with Crippen LogP contribution in [0.25, 0.3) is 0 Å². The van der Waals surface area contributed by atoms with Crippen LogP contribution >= 0.6 is 0 Å². The number of carbonyl (C=O) groups excluding carboxylic acids is 1. The molecule has 2 atom stereocenters. The van der Waals surface area contributed by atoms with E-state index in [2.05, 4.69) is 0 Å². The van der Waals surface area contributed by atoms with Crippen LogP contribution in [0.15, 0.2) is 0 Å². The van der Waals surface area contributed by atoms with Crippen LogP contribution in [0.4, 0.5) is 0 Å². The van der Waals surface area contributed by atoms with Crippen LogP contribution in [-0.2, 0) is 9.59 Å². The Balaban J connectivity index is 2.74. The Morgan fingerprint density at radius 3 is 2.43 bits per heavy atom. The van der Waals surface area contributed by atoms with Crippen molar-refractivity contribution in [3.63, 3.8) is 0 Å². The Morgan fingerprint density at radius 1 is 1.43 bits per heavy atom. The zero-order chi connectivity index (χ0) is 10.9. The first-order valence-electron chi connectivity index (χ1n) is 5.08. The van der Waals surface area contributed by atoms with E-state index in [1.807, 2.05) is 20.8 Å². The molecule has 1 aliphatic carbocycles. The van der Waals surface area contributed by atoms with Gasteiger partial charge in [-0.3, -0.25) is 9.59 Å². The summed E-state index contributed by atoms with van der Waals surface area (Å²) in [4.78, 5) is 22.4. The van der Waals surface area contributed by atoms with Crippen LogP contribution in [-0.4, -0.2) is 16.9 Å². The molecular formula is C11H18O3. The van der Waals surface area contributed by atoms with Crippen LogP contribution in [0.5, 0.6) is 0 Å². The molecule has 0 radical (unpaired) electrons. The first-order chi connectivity index (χ1) is 6.32. The van der Waals surface area contributed by atoms with E-state index in [0.717, 1.165) is 0 Å². The number of carboxylic acid groups (broad SMARTS) is 1. The Hall–Kier alpha value is -0.860. The first-order valence-corrected chi connectivity index (χ1v) is 5.08. The molecule has 0 aliphatic heterocycles. The lowest BCUT2D eigenvalue weighted by Gasteiger charge is -2.34. The molecule has 3 nitrogen and oxygen atoms in total. The molecule has 0 bridgehead atoms. The molecule has 0 aromatic rings. The number of ketones is 1. The van der Waals surface area contributed by atoms with Gasteiger partial charge < -0.3 is 5.11 Å². The van der Waals surface area contributed by atoms with Gasteiger partial charge in [-0.1, -0.05) is 20.8 Å². The maximum atomic E-state index is 11.6. The van der Waals surface area contributed by atoms with E-state index in [0.29, 0.717) is 19.3 Å². The van der Waals surface area contributed by atoms with Crippen molar-refractivity contribution >= 4 is 11.8 Å². The molecule has 2 unspecified atom stereocenters. The summed E-state index contributed by atoms with van der Waals surface area (Å²) in [5.74, 6) is -0.934. The Labute approximate surface area is 84.5 Å². The quantitative estimate of drug-likeness (QED) is 0.702.